The van der Waals surface area contributed by atoms with Gasteiger partial charge in [0.25, 0.3) is 5.91 Å². The van der Waals surface area contributed by atoms with Crippen LogP contribution in [0.3, 0.4) is 0 Å². The van der Waals surface area contributed by atoms with E-state index in [1.807, 2.05) is 4.91 Å². The average Bonchev–Trinajstić information content (AvgIpc) is 2.51. The molecule has 0 aromatic carbocycles. The van der Waals surface area contributed by atoms with Crippen molar-refractivity contribution in [3.8, 4) is 0 Å². The maximum absolute atomic E-state index is 12.2. The third-order valence-corrected chi connectivity index (χ3v) is 4.41. The normalized spacial score (nSPS) is 20.2. The maximum atomic E-state index is 12.2. The number of carbonyl (C=O) groups is 5. The van der Waals surface area contributed by atoms with Crippen LogP contribution in [-0.4, -0.2) is 71.9 Å². The molecule has 0 rings (SSSR count). The van der Waals surface area contributed by atoms with Crippen molar-refractivity contribution in [1.29, 1.82) is 0 Å². The largest absolute Gasteiger partial charge is 0.379 e. The lowest BCUT2D eigenvalue weighted by atomic mass is 9.58. The number of carbonyl (C=O) groups excluding carboxylic acids is 5. The van der Waals surface area contributed by atoms with Gasteiger partial charge < -0.3 is 20.4 Å². The van der Waals surface area contributed by atoms with Gasteiger partial charge in [-0.25, -0.2) is 0 Å². The molecule has 0 unspecified atom stereocenters. The summed E-state index contributed by atoms with van der Waals surface area (Å²) in [6, 6.07) is 0. The van der Waals surface area contributed by atoms with Crippen molar-refractivity contribution in [2.24, 2.45) is 5.11 Å². The monoisotopic (exact) mass is 373 g/mol. The Morgan fingerprint density at radius 1 is 0.769 bits per heavy atom. The van der Waals surface area contributed by atoms with E-state index in [0.717, 1.165) is 0 Å². The van der Waals surface area contributed by atoms with E-state index in [2.05, 4.69) is 5.11 Å². The highest BCUT2D eigenvalue weighted by atomic mass is 16.4. The Balaban J connectivity index is 7.49. The molecule has 144 valence electrons. The molecule has 0 aliphatic heterocycles. The minimum atomic E-state index is -4.07. The summed E-state index contributed by atoms with van der Waals surface area (Å²) in [5, 5.41) is 45.0. The summed E-state index contributed by atoms with van der Waals surface area (Å²) >= 11 is 0. The van der Waals surface area contributed by atoms with Crippen molar-refractivity contribution in [2.75, 3.05) is 0 Å². The zero-order chi connectivity index (χ0) is 21.3. The lowest BCUT2D eigenvalue weighted by Crippen LogP contribution is -2.84. The second-order valence-corrected chi connectivity index (χ2v) is 5.92. The molecular weight excluding hydrogens is 354 g/mol. The molecule has 0 saturated carbocycles. The number of azide groups is 1. The van der Waals surface area contributed by atoms with Gasteiger partial charge in [-0.05, 0) is 45.3 Å². The molecule has 0 aromatic heterocycles. The molecule has 0 aliphatic carbocycles. The third kappa shape index (κ3) is 2.73. The van der Waals surface area contributed by atoms with Crippen molar-refractivity contribution < 1.29 is 44.4 Å². The third-order valence-electron chi connectivity index (χ3n) is 4.41. The van der Waals surface area contributed by atoms with Crippen LogP contribution in [-0.2, 0) is 24.0 Å². The predicted molar refractivity (Wildman–Crippen MR) is 82.4 cm³/mol. The number of ketones is 4. The Morgan fingerprint density at radius 2 is 1.15 bits per heavy atom. The highest BCUT2D eigenvalue weighted by Gasteiger charge is 2.77. The Hall–Kier alpha value is -2.50. The summed E-state index contributed by atoms with van der Waals surface area (Å²) in [6.45, 7) is 2.70. The van der Waals surface area contributed by atoms with Gasteiger partial charge in [-0.1, -0.05) is 0 Å². The lowest BCUT2D eigenvalue weighted by Gasteiger charge is -2.51. The second kappa shape index (κ2) is 7.02. The van der Waals surface area contributed by atoms with Gasteiger partial charge in [0.15, 0.2) is 34.3 Å². The van der Waals surface area contributed by atoms with Crippen molar-refractivity contribution in [2.45, 2.75) is 57.0 Å². The molecule has 4 N–H and O–H groups in total. The van der Waals surface area contributed by atoms with Crippen LogP contribution in [0.5, 0.6) is 0 Å². The molecule has 0 saturated heterocycles. The van der Waals surface area contributed by atoms with Crippen LogP contribution in [0.4, 0.5) is 0 Å². The molecule has 0 bridgehead atoms. The zero-order valence-corrected chi connectivity index (χ0v) is 14.7. The Kier molecular flexibility index (Phi) is 6.34. The van der Waals surface area contributed by atoms with Crippen molar-refractivity contribution in [3.05, 3.63) is 10.4 Å². The first-order valence-corrected chi connectivity index (χ1v) is 7.04. The average molecular weight is 373 g/mol. The summed E-state index contributed by atoms with van der Waals surface area (Å²) in [7, 11) is 0. The first-order valence-electron chi connectivity index (χ1n) is 7.04. The van der Waals surface area contributed by atoms with Gasteiger partial charge in [0.2, 0.25) is 11.2 Å². The van der Waals surface area contributed by atoms with Crippen LogP contribution in [0.1, 0.15) is 34.6 Å². The fraction of sp³-hybridized carbons (Fsp3) is 0.643. The van der Waals surface area contributed by atoms with E-state index in [-0.39, 0.29) is 0 Å². The van der Waals surface area contributed by atoms with Crippen molar-refractivity contribution >= 4 is 29.0 Å². The minimum Gasteiger partial charge on any atom is -0.379 e. The summed E-state index contributed by atoms with van der Waals surface area (Å²) < 4.78 is 0. The standard InChI is InChI=1S/C14H19N3O9/c1-6(18)11(5,23)13(25,8(3)20)14(26,9(4)21)12(24,7(2)19)10(22)16-17-15/h23-26H,1-5H3/t11-,12-,13-,14+/m1/s1. The SMILES string of the molecule is CC(=O)[C@@](O)(C(=O)N=[N+]=[N-])[C@@](O)(C(C)=O)[C@@](O)(C(C)=O)[C@](C)(O)C(C)=O. The molecule has 12 nitrogen and oxygen atoms in total. The van der Waals surface area contributed by atoms with Gasteiger partial charge in [-0.2, -0.15) is 0 Å². The van der Waals surface area contributed by atoms with Gasteiger partial charge in [-0.15, -0.1) is 0 Å². The van der Waals surface area contributed by atoms with Crippen LogP contribution in [0.25, 0.3) is 10.4 Å². The summed E-state index contributed by atoms with van der Waals surface area (Å²) in [5.41, 5.74) is -6.79. The number of Topliss-reactive ketones (excluding diaryl/α,β-unsaturated/α-hetero) is 4. The van der Waals surface area contributed by atoms with E-state index in [1.54, 1.807) is 0 Å². The second-order valence-electron chi connectivity index (χ2n) is 5.92. The molecule has 1 amide bonds. The molecule has 4 atom stereocenters. The Morgan fingerprint density at radius 3 is 1.38 bits per heavy atom. The smallest absolute Gasteiger partial charge is 0.261 e. The maximum Gasteiger partial charge on any atom is 0.261 e. The van der Waals surface area contributed by atoms with Crippen molar-refractivity contribution in [3.63, 3.8) is 0 Å². The van der Waals surface area contributed by atoms with E-state index in [4.69, 9.17) is 5.53 Å². The molecule has 0 radical (unpaired) electrons. The molecule has 0 heterocycles. The quantitative estimate of drug-likeness (QED) is 0.162. The van der Waals surface area contributed by atoms with E-state index in [0.29, 0.717) is 34.6 Å². The number of hydrogen-bond acceptors (Lipinski definition) is 9. The van der Waals surface area contributed by atoms with Gasteiger partial charge in [0.1, 0.15) is 0 Å². The minimum absolute atomic E-state index is 0.474. The zero-order valence-electron chi connectivity index (χ0n) is 14.7. The first kappa shape index (κ1) is 23.5. The summed E-state index contributed by atoms with van der Waals surface area (Å²) in [4.78, 5) is 62.0. The first-order chi connectivity index (χ1) is 11.5. The van der Waals surface area contributed by atoms with E-state index >= 15 is 0 Å². The fourth-order valence-electron chi connectivity index (χ4n) is 2.65. The highest BCUT2D eigenvalue weighted by molar-refractivity contribution is 6.18. The van der Waals surface area contributed by atoms with Crippen molar-refractivity contribution in [1.82, 2.24) is 0 Å². The number of aliphatic hydroxyl groups is 4. The number of rotatable bonds is 8. The molecule has 0 fully saturated rings. The molecule has 12 heteroatoms. The Labute approximate surface area is 147 Å². The predicted octanol–water partition coefficient (Wildman–Crippen LogP) is -1.88. The van der Waals surface area contributed by atoms with Gasteiger partial charge in [0.05, 0.1) is 0 Å². The lowest BCUT2D eigenvalue weighted by molar-refractivity contribution is -0.257. The van der Waals surface area contributed by atoms with Crippen LogP contribution >= 0.6 is 0 Å². The topological polar surface area (TPSA) is 215 Å². The molecule has 26 heavy (non-hydrogen) atoms. The summed E-state index contributed by atoms with van der Waals surface area (Å²) in [6.07, 6.45) is 0. The highest BCUT2D eigenvalue weighted by Crippen LogP contribution is 2.43. The molecule has 0 aliphatic rings. The molecule has 0 aromatic rings. The van der Waals surface area contributed by atoms with E-state index in [9.17, 15) is 44.4 Å². The van der Waals surface area contributed by atoms with Crippen LogP contribution in [0, 0.1) is 0 Å². The van der Waals surface area contributed by atoms with Crippen LogP contribution < -0.4 is 0 Å². The molecular formula is C14H19N3O9. The van der Waals surface area contributed by atoms with Crippen LogP contribution in [0.15, 0.2) is 5.11 Å². The number of amides is 1. The van der Waals surface area contributed by atoms with E-state index < -0.39 is 51.4 Å². The van der Waals surface area contributed by atoms with Gasteiger partial charge >= 0.3 is 0 Å². The summed E-state index contributed by atoms with van der Waals surface area (Å²) in [5.74, 6) is -8.56. The van der Waals surface area contributed by atoms with Gasteiger partial charge in [-0.3, -0.25) is 24.0 Å². The molecule has 0 spiro atoms. The Bertz CT molecular complexity index is 740. The number of hydrogen-bond donors (Lipinski definition) is 4. The van der Waals surface area contributed by atoms with E-state index in [1.165, 1.54) is 0 Å². The number of nitrogens with zero attached hydrogens (tertiary/aromatic N) is 3. The van der Waals surface area contributed by atoms with Crippen LogP contribution in [0.2, 0.25) is 0 Å². The van der Waals surface area contributed by atoms with Gasteiger partial charge in [0, 0.05) is 4.91 Å². The fourth-order valence-corrected chi connectivity index (χ4v) is 2.65.